The highest BCUT2D eigenvalue weighted by Crippen LogP contribution is 2.16. The van der Waals surface area contributed by atoms with Crippen molar-refractivity contribution in [3.8, 4) is 11.4 Å². The van der Waals surface area contributed by atoms with E-state index < -0.39 is 0 Å². The molecular formula is C16H14N2O2. The number of aryl methyl sites for hydroxylation is 1. The number of methoxy groups -OCH3 is 1. The number of hydrogen-bond acceptors (Lipinski definition) is 3. The van der Waals surface area contributed by atoms with Gasteiger partial charge in [-0.1, -0.05) is 17.7 Å². The molecule has 4 nitrogen and oxygen atoms in total. The Kier molecular flexibility index (Phi) is 2.99. The van der Waals surface area contributed by atoms with Gasteiger partial charge < -0.3 is 4.74 Å². The van der Waals surface area contributed by atoms with Gasteiger partial charge >= 0.3 is 0 Å². The molecule has 0 spiro atoms. The molecule has 4 heteroatoms. The molecule has 1 heterocycles. The number of benzene rings is 2. The summed E-state index contributed by atoms with van der Waals surface area (Å²) in [5.41, 5.74) is 2.52. The molecule has 3 aromatic rings. The molecule has 1 aromatic heterocycles. The first-order valence-corrected chi connectivity index (χ1v) is 6.31. The molecule has 0 bridgehead atoms. The lowest BCUT2D eigenvalue weighted by Crippen LogP contribution is -2.18. The van der Waals surface area contributed by atoms with Gasteiger partial charge in [0.05, 0.1) is 23.7 Å². The van der Waals surface area contributed by atoms with Crippen LogP contribution in [0.5, 0.6) is 5.75 Å². The van der Waals surface area contributed by atoms with Crippen LogP contribution in [0.3, 0.4) is 0 Å². The standard InChI is InChI=1S/C16H14N2O2/c1-11-3-5-12(6-4-11)18-10-17-15-8-7-13(20-2)9-14(15)16(18)19/h3-10H,1-2H3. The second kappa shape index (κ2) is 4.81. The predicted octanol–water partition coefficient (Wildman–Crippen LogP) is 2.70. The lowest BCUT2D eigenvalue weighted by Gasteiger charge is -2.07. The fourth-order valence-electron chi connectivity index (χ4n) is 2.12. The van der Waals surface area contributed by atoms with Crippen molar-refractivity contribution in [2.24, 2.45) is 0 Å². The van der Waals surface area contributed by atoms with Crippen molar-refractivity contribution in [1.82, 2.24) is 9.55 Å². The van der Waals surface area contributed by atoms with Gasteiger partial charge in [-0.15, -0.1) is 0 Å². The molecule has 3 rings (SSSR count). The Hall–Kier alpha value is -2.62. The molecule has 2 aromatic carbocycles. The van der Waals surface area contributed by atoms with E-state index in [2.05, 4.69) is 4.98 Å². The van der Waals surface area contributed by atoms with Crippen molar-refractivity contribution < 1.29 is 4.74 Å². The van der Waals surface area contributed by atoms with E-state index in [1.165, 1.54) is 0 Å². The van der Waals surface area contributed by atoms with Gasteiger partial charge in [0.15, 0.2) is 0 Å². The first-order valence-electron chi connectivity index (χ1n) is 6.31. The van der Waals surface area contributed by atoms with E-state index in [1.807, 2.05) is 31.2 Å². The third kappa shape index (κ3) is 2.05. The van der Waals surface area contributed by atoms with Crippen molar-refractivity contribution in [2.75, 3.05) is 7.11 Å². The fourth-order valence-corrected chi connectivity index (χ4v) is 2.12. The van der Waals surface area contributed by atoms with Crippen LogP contribution in [0, 0.1) is 6.92 Å². The quantitative estimate of drug-likeness (QED) is 0.716. The van der Waals surface area contributed by atoms with Gasteiger partial charge in [-0.05, 0) is 37.3 Å². The largest absolute Gasteiger partial charge is 0.497 e. The summed E-state index contributed by atoms with van der Waals surface area (Å²) in [5.74, 6) is 0.651. The summed E-state index contributed by atoms with van der Waals surface area (Å²) in [4.78, 5) is 16.9. The van der Waals surface area contributed by atoms with E-state index in [1.54, 1.807) is 36.2 Å². The van der Waals surface area contributed by atoms with Crippen molar-refractivity contribution in [2.45, 2.75) is 6.92 Å². The number of nitrogens with zero attached hydrogens (tertiary/aromatic N) is 2. The summed E-state index contributed by atoms with van der Waals surface area (Å²) >= 11 is 0. The maximum absolute atomic E-state index is 12.5. The third-order valence-corrected chi connectivity index (χ3v) is 3.28. The summed E-state index contributed by atoms with van der Waals surface area (Å²) in [6.45, 7) is 2.01. The molecule has 0 unspecified atom stereocenters. The second-order valence-electron chi connectivity index (χ2n) is 4.64. The summed E-state index contributed by atoms with van der Waals surface area (Å²) in [6.07, 6.45) is 1.56. The van der Waals surface area contributed by atoms with Crippen LogP contribution in [0.25, 0.3) is 16.6 Å². The average Bonchev–Trinajstić information content (AvgIpc) is 2.49. The molecule has 0 aliphatic heterocycles. The summed E-state index contributed by atoms with van der Waals surface area (Å²) in [5, 5.41) is 0.549. The van der Waals surface area contributed by atoms with E-state index in [-0.39, 0.29) is 5.56 Å². The normalized spacial score (nSPS) is 10.7. The Labute approximate surface area is 116 Å². The number of rotatable bonds is 2. The monoisotopic (exact) mass is 266 g/mol. The van der Waals surface area contributed by atoms with Crippen LogP contribution in [0.2, 0.25) is 0 Å². The summed E-state index contributed by atoms with van der Waals surface area (Å²) in [6, 6.07) is 13.1. The molecule has 0 atom stereocenters. The van der Waals surface area contributed by atoms with Gasteiger partial charge in [0.1, 0.15) is 12.1 Å². The molecule has 0 N–H and O–H groups in total. The number of ether oxygens (including phenoxy) is 1. The molecule has 0 fully saturated rings. The molecule has 20 heavy (non-hydrogen) atoms. The van der Waals surface area contributed by atoms with E-state index in [9.17, 15) is 4.79 Å². The first kappa shape index (κ1) is 12.4. The van der Waals surface area contributed by atoms with Crippen LogP contribution in [-0.4, -0.2) is 16.7 Å². The molecule has 0 saturated heterocycles. The van der Waals surface area contributed by atoms with Gasteiger partial charge in [0.2, 0.25) is 0 Å². The lowest BCUT2D eigenvalue weighted by molar-refractivity contribution is 0.415. The van der Waals surface area contributed by atoms with Crippen LogP contribution in [0.1, 0.15) is 5.56 Å². The number of fused-ring (bicyclic) bond motifs is 1. The maximum Gasteiger partial charge on any atom is 0.265 e. The average molecular weight is 266 g/mol. The molecule has 0 radical (unpaired) electrons. The summed E-state index contributed by atoms with van der Waals surface area (Å²) < 4.78 is 6.71. The lowest BCUT2D eigenvalue weighted by atomic mass is 10.2. The fraction of sp³-hybridized carbons (Fsp3) is 0.125. The van der Waals surface area contributed by atoms with Crippen molar-refractivity contribution in [3.63, 3.8) is 0 Å². The minimum atomic E-state index is -0.0993. The number of hydrogen-bond donors (Lipinski definition) is 0. The topological polar surface area (TPSA) is 44.1 Å². The number of aromatic nitrogens is 2. The van der Waals surface area contributed by atoms with E-state index in [0.29, 0.717) is 16.7 Å². The van der Waals surface area contributed by atoms with Crippen LogP contribution in [0.15, 0.2) is 53.6 Å². The predicted molar refractivity (Wildman–Crippen MR) is 78.6 cm³/mol. The zero-order chi connectivity index (χ0) is 14.1. The third-order valence-electron chi connectivity index (χ3n) is 3.28. The smallest absolute Gasteiger partial charge is 0.265 e. The Morgan fingerprint density at radius 1 is 1.10 bits per heavy atom. The van der Waals surface area contributed by atoms with Gasteiger partial charge in [0.25, 0.3) is 5.56 Å². The highest BCUT2D eigenvalue weighted by atomic mass is 16.5. The zero-order valence-electron chi connectivity index (χ0n) is 11.3. The van der Waals surface area contributed by atoms with Crippen molar-refractivity contribution in [1.29, 1.82) is 0 Å². The molecule has 0 aliphatic rings. The minimum Gasteiger partial charge on any atom is -0.497 e. The minimum absolute atomic E-state index is 0.0993. The first-order chi connectivity index (χ1) is 9.69. The Morgan fingerprint density at radius 2 is 1.85 bits per heavy atom. The Bertz CT molecular complexity index is 820. The van der Waals surface area contributed by atoms with Crippen LogP contribution in [-0.2, 0) is 0 Å². The van der Waals surface area contributed by atoms with E-state index >= 15 is 0 Å². The van der Waals surface area contributed by atoms with Crippen LogP contribution in [0.4, 0.5) is 0 Å². The van der Waals surface area contributed by atoms with Crippen molar-refractivity contribution in [3.05, 3.63) is 64.7 Å². The van der Waals surface area contributed by atoms with Crippen LogP contribution < -0.4 is 10.3 Å². The van der Waals surface area contributed by atoms with E-state index in [4.69, 9.17) is 4.74 Å². The van der Waals surface area contributed by atoms with E-state index in [0.717, 1.165) is 11.3 Å². The molecule has 100 valence electrons. The summed E-state index contributed by atoms with van der Waals surface area (Å²) in [7, 11) is 1.58. The zero-order valence-corrected chi connectivity index (χ0v) is 11.3. The van der Waals surface area contributed by atoms with Gasteiger partial charge in [-0.2, -0.15) is 0 Å². The van der Waals surface area contributed by atoms with Crippen LogP contribution >= 0.6 is 0 Å². The molecular weight excluding hydrogens is 252 g/mol. The maximum atomic E-state index is 12.5. The molecule has 0 amide bonds. The second-order valence-corrected chi connectivity index (χ2v) is 4.64. The molecule has 0 aliphatic carbocycles. The van der Waals surface area contributed by atoms with Crippen molar-refractivity contribution >= 4 is 10.9 Å². The highest BCUT2D eigenvalue weighted by molar-refractivity contribution is 5.79. The SMILES string of the molecule is COc1ccc2ncn(-c3ccc(C)cc3)c(=O)c2c1. The Balaban J connectivity index is 2.24. The Morgan fingerprint density at radius 3 is 2.55 bits per heavy atom. The van der Waals surface area contributed by atoms with Gasteiger partial charge in [-0.3, -0.25) is 9.36 Å². The van der Waals surface area contributed by atoms with Gasteiger partial charge in [0, 0.05) is 0 Å². The highest BCUT2D eigenvalue weighted by Gasteiger charge is 2.06. The molecule has 0 saturated carbocycles. The van der Waals surface area contributed by atoms with Gasteiger partial charge in [-0.25, -0.2) is 4.98 Å².